The number of benzene rings is 1. The maximum Gasteiger partial charge on any atom is 0.239 e. The predicted octanol–water partition coefficient (Wildman–Crippen LogP) is 2.32. The van der Waals surface area contributed by atoms with Crippen LogP contribution in [-0.2, 0) is 19.9 Å². The van der Waals surface area contributed by atoms with Crippen LogP contribution in [0.5, 0.6) is 0 Å². The van der Waals surface area contributed by atoms with E-state index in [9.17, 15) is 21.6 Å². The Morgan fingerprint density at radius 3 is 2.27 bits per heavy atom. The number of nitrogens with two attached hydrogens (primary N) is 1. The molecule has 9 heteroatoms. The standard InChI is InChI=1S/C21H22N2O5S2/c22-30(27,28)21-9-5-4-8-20(21)29(25,26)15-19(24)18-13-12-17(14-23-18)11-10-16-6-2-1-3-7-16/h4-5,8-9,12-14,16H,1-3,6-7,15H2,(H2,22,27,28). The first-order valence-corrected chi connectivity index (χ1v) is 12.7. The van der Waals surface area contributed by atoms with Crippen LogP contribution < -0.4 is 5.14 Å². The van der Waals surface area contributed by atoms with Crippen molar-refractivity contribution in [3.63, 3.8) is 0 Å². The Morgan fingerprint density at radius 2 is 1.67 bits per heavy atom. The molecule has 30 heavy (non-hydrogen) atoms. The number of Topliss-reactive ketones (excluding diaryl/α,β-unsaturated/α-hetero) is 1. The van der Waals surface area contributed by atoms with Gasteiger partial charge in [0.25, 0.3) is 0 Å². The average molecular weight is 447 g/mol. The molecule has 0 bridgehead atoms. The van der Waals surface area contributed by atoms with Crippen molar-refractivity contribution < 1.29 is 21.6 Å². The largest absolute Gasteiger partial charge is 0.291 e. The van der Waals surface area contributed by atoms with Crippen molar-refractivity contribution in [1.82, 2.24) is 4.98 Å². The molecular formula is C21H22N2O5S2. The number of hydrogen-bond donors (Lipinski definition) is 1. The molecule has 0 saturated heterocycles. The van der Waals surface area contributed by atoms with Gasteiger partial charge in [0.2, 0.25) is 10.0 Å². The molecule has 1 aliphatic rings. The van der Waals surface area contributed by atoms with E-state index in [1.807, 2.05) is 0 Å². The van der Waals surface area contributed by atoms with Gasteiger partial charge in [-0.1, -0.05) is 43.2 Å². The third-order valence-electron chi connectivity index (χ3n) is 4.89. The molecule has 0 aliphatic heterocycles. The van der Waals surface area contributed by atoms with E-state index in [4.69, 9.17) is 5.14 Å². The first kappa shape index (κ1) is 22.2. The molecular weight excluding hydrogens is 424 g/mol. The van der Waals surface area contributed by atoms with Crippen LogP contribution in [-0.4, -0.2) is 33.4 Å². The highest BCUT2D eigenvalue weighted by Crippen LogP contribution is 2.23. The van der Waals surface area contributed by atoms with Crippen LogP contribution in [0.4, 0.5) is 0 Å². The Bertz CT molecular complexity index is 1200. The molecule has 7 nitrogen and oxygen atoms in total. The smallest absolute Gasteiger partial charge is 0.239 e. The van der Waals surface area contributed by atoms with Gasteiger partial charge >= 0.3 is 0 Å². The van der Waals surface area contributed by atoms with E-state index in [1.165, 1.54) is 43.7 Å². The number of sulfonamides is 1. The number of pyridine rings is 1. The van der Waals surface area contributed by atoms with Crippen molar-refractivity contribution in [1.29, 1.82) is 0 Å². The first-order chi connectivity index (χ1) is 14.2. The van der Waals surface area contributed by atoms with Crippen molar-refractivity contribution in [2.24, 2.45) is 11.1 Å². The Morgan fingerprint density at radius 1 is 1.00 bits per heavy atom. The molecule has 1 saturated carbocycles. The van der Waals surface area contributed by atoms with E-state index in [-0.39, 0.29) is 5.69 Å². The van der Waals surface area contributed by atoms with Crippen LogP contribution in [0.1, 0.15) is 48.2 Å². The van der Waals surface area contributed by atoms with Gasteiger partial charge in [0, 0.05) is 17.7 Å². The number of ketones is 1. The third-order valence-corrected chi connectivity index (χ3v) is 7.65. The van der Waals surface area contributed by atoms with Crippen molar-refractivity contribution in [3.05, 3.63) is 53.9 Å². The fourth-order valence-electron chi connectivity index (χ4n) is 3.33. The van der Waals surface area contributed by atoms with Crippen LogP contribution in [0.2, 0.25) is 0 Å². The Labute approximate surface area is 176 Å². The number of carbonyl (C=O) groups excluding carboxylic acids is 1. The molecule has 0 radical (unpaired) electrons. The fourth-order valence-corrected chi connectivity index (χ4v) is 5.99. The van der Waals surface area contributed by atoms with Gasteiger partial charge in [-0.25, -0.2) is 22.0 Å². The van der Waals surface area contributed by atoms with Gasteiger partial charge in [0.15, 0.2) is 15.6 Å². The van der Waals surface area contributed by atoms with E-state index in [1.54, 1.807) is 6.07 Å². The maximum atomic E-state index is 12.6. The normalized spacial score (nSPS) is 15.2. The zero-order valence-electron chi connectivity index (χ0n) is 16.2. The number of rotatable bonds is 5. The van der Waals surface area contributed by atoms with Gasteiger partial charge in [-0.2, -0.15) is 0 Å². The van der Waals surface area contributed by atoms with Crippen molar-refractivity contribution in [3.8, 4) is 11.8 Å². The highest BCUT2D eigenvalue weighted by Gasteiger charge is 2.27. The summed E-state index contributed by atoms with van der Waals surface area (Å²) in [5, 5.41) is 5.09. The Kier molecular flexibility index (Phi) is 6.71. The summed E-state index contributed by atoms with van der Waals surface area (Å²) in [5.41, 5.74) is 0.620. The monoisotopic (exact) mass is 446 g/mol. The first-order valence-electron chi connectivity index (χ1n) is 9.52. The zero-order valence-corrected chi connectivity index (χ0v) is 17.9. The number of primary sulfonamides is 1. The molecule has 2 aromatic rings. The predicted molar refractivity (Wildman–Crippen MR) is 112 cm³/mol. The molecule has 1 aromatic heterocycles. The fraction of sp³-hybridized carbons (Fsp3) is 0.333. The number of nitrogens with zero attached hydrogens (tertiary/aromatic N) is 1. The van der Waals surface area contributed by atoms with Gasteiger partial charge in [-0.05, 0) is 37.1 Å². The molecule has 1 aromatic carbocycles. The SMILES string of the molecule is NS(=O)(=O)c1ccccc1S(=O)(=O)CC(=O)c1ccc(C#CC2CCCCC2)cn1. The van der Waals surface area contributed by atoms with Gasteiger partial charge in [0.1, 0.15) is 16.3 Å². The van der Waals surface area contributed by atoms with Crippen molar-refractivity contribution >= 4 is 25.6 Å². The molecule has 0 unspecified atom stereocenters. The lowest BCUT2D eigenvalue weighted by Crippen LogP contribution is -2.21. The van der Waals surface area contributed by atoms with Gasteiger partial charge in [-0.3, -0.25) is 9.78 Å². The second-order valence-corrected chi connectivity index (χ2v) is 10.7. The minimum absolute atomic E-state index is 0.0325. The summed E-state index contributed by atoms with van der Waals surface area (Å²) < 4.78 is 48.6. The van der Waals surface area contributed by atoms with Crippen LogP contribution in [0.3, 0.4) is 0 Å². The molecule has 0 atom stereocenters. The molecule has 0 spiro atoms. The molecule has 158 valence electrons. The summed E-state index contributed by atoms with van der Waals surface area (Å²) in [6.07, 6.45) is 7.25. The molecule has 2 N–H and O–H groups in total. The van der Waals surface area contributed by atoms with Crippen molar-refractivity contribution in [2.45, 2.75) is 41.9 Å². The topological polar surface area (TPSA) is 124 Å². The lowest BCUT2D eigenvalue weighted by Gasteiger charge is -2.15. The minimum Gasteiger partial charge on any atom is -0.291 e. The molecule has 1 heterocycles. The van der Waals surface area contributed by atoms with E-state index in [0.717, 1.165) is 25.0 Å². The number of aromatic nitrogens is 1. The van der Waals surface area contributed by atoms with Gasteiger partial charge < -0.3 is 0 Å². The lowest BCUT2D eigenvalue weighted by atomic mass is 9.90. The Balaban J connectivity index is 1.75. The van der Waals surface area contributed by atoms with E-state index in [2.05, 4.69) is 16.8 Å². The summed E-state index contributed by atoms with van der Waals surface area (Å²) in [4.78, 5) is 15.4. The molecule has 1 aliphatic carbocycles. The second kappa shape index (κ2) is 9.08. The number of carbonyl (C=O) groups is 1. The Hall–Kier alpha value is -2.54. The zero-order chi connectivity index (χ0) is 21.8. The second-order valence-electron chi connectivity index (χ2n) is 7.21. The van der Waals surface area contributed by atoms with Gasteiger partial charge in [-0.15, -0.1) is 0 Å². The van der Waals surface area contributed by atoms with Crippen LogP contribution in [0.25, 0.3) is 0 Å². The summed E-state index contributed by atoms with van der Waals surface area (Å²) in [6.45, 7) is 0. The summed E-state index contributed by atoms with van der Waals surface area (Å²) in [6, 6.07) is 7.97. The maximum absolute atomic E-state index is 12.6. The molecule has 3 rings (SSSR count). The van der Waals surface area contributed by atoms with Crippen LogP contribution >= 0.6 is 0 Å². The van der Waals surface area contributed by atoms with E-state index >= 15 is 0 Å². The average Bonchev–Trinajstić information content (AvgIpc) is 2.72. The quantitative estimate of drug-likeness (QED) is 0.555. The van der Waals surface area contributed by atoms with Crippen LogP contribution in [0, 0.1) is 17.8 Å². The minimum atomic E-state index is -4.26. The highest BCUT2D eigenvalue weighted by molar-refractivity contribution is 7.94. The number of hydrogen-bond acceptors (Lipinski definition) is 6. The van der Waals surface area contributed by atoms with E-state index in [0.29, 0.717) is 11.5 Å². The summed E-state index contributed by atoms with van der Waals surface area (Å²) >= 11 is 0. The van der Waals surface area contributed by atoms with Crippen LogP contribution in [0.15, 0.2) is 52.4 Å². The number of sulfone groups is 1. The summed E-state index contributed by atoms with van der Waals surface area (Å²) in [7, 11) is -8.49. The third kappa shape index (κ3) is 5.53. The highest BCUT2D eigenvalue weighted by atomic mass is 32.2. The lowest BCUT2D eigenvalue weighted by molar-refractivity contribution is 0.101. The summed E-state index contributed by atoms with van der Waals surface area (Å²) in [5.74, 6) is 5.00. The molecule has 1 fully saturated rings. The molecule has 0 amide bonds. The van der Waals surface area contributed by atoms with E-state index < -0.39 is 41.2 Å². The van der Waals surface area contributed by atoms with Gasteiger partial charge in [0.05, 0.1) is 4.90 Å². The van der Waals surface area contributed by atoms with Crippen molar-refractivity contribution in [2.75, 3.05) is 5.75 Å².